The molecule has 0 radical (unpaired) electrons. The Morgan fingerprint density at radius 1 is 1.21 bits per heavy atom. The number of nitrogens with one attached hydrogen (secondary N) is 2. The first kappa shape index (κ1) is 22.8. The molecule has 0 saturated carbocycles. The lowest BCUT2D eigenvalue weighted by Gasteiger charge is -2.18. The summed E-state index contributed by atoms with van der Waals surface area (Å²) in [6.45, 7) is 1.89. The van der Waals surface area contributed by atoms with Crippen LogP contribution in [0.25, 0.3) is 22.2 Å². The number of nitrogen functional groups attached to an aromatic ring is 1. The van der Waals surface area contributed by atoms with Crippen molar-refractivity contribution in [2.45, 2.75) is 25.8 Å². The van der Waals surface area contributed by atoms with Crippen molar-refractivity contribution in [1.29, 1.82) is 5.53 Å². The highest BCUT2D eigenvalue weighted by Crippen LogP contribution is 2.36. The van der Waals surface area contributed by atoms with E-state index in [0.717, 1.165) is 0 Å². The number of hydrogen-bond donors (Lipinski definition) is 3. The summed E-state index contributed by atoms with van der Waals surface area (Å²) in [6.07, 6.45) is 4.75. The van der Waals surface area contributed by atoms with Gasteiger partial charge in [0.25, 0.3) is 6.43 Å². The molecule has 4 N–H and O–H groups in total. The lowest BCUT2D eigenvalue weighted by molar-refractivity contribution is 0.140. The SMILES string of the molecule is CCC(/C(=C/Nc1ccccc1F)N=N)n1cc(-c2cnc(C(F)F)nc2)c2c(N)ncnc21. The molecule has 0 bridgehead atoms. The number of hydrogen-bond acceptors (Lipinski definition) is 8. The molecule has 12 heteroatoms. The zero-order valence-corrected chi connectivity index (χ0v) is 18.0. The molecular weight excluding hydrogens is 447 g/mol. The Morgan fingerprint density at radius 3 is 2.59 bits per heavy atom. The van der Waals surface area contributed by atoms with Gasteiger partial charge in [0.05, 0.1) is 17.1 Å². The van der Waals surface area contributed by atoms with Gasteiger partial charge in [-0.1, -0.05) is 19.1 Å². The van der Waals surface area contributed by atoms with Gasteiger partial charge in [0.2, 0.25) is 0 Å². The van der Waals surface area contributed by atoms with Crippen molar-refractivity contribution in [2.24, 2.45) is 5.11 Å². The Hall–Kier alpha value is -4.35. The smallest absolute Gasteiger partial charge is 0.297 e. The van der Waals surface area contributed by atoms with Crippen LogP contribution in [0.4, 0.5) is 24.7 Å². The van der Waals surface area contributed by atoms with Crippen molar-refractivity contribution in [1.82, 2.24) is 24.5 Å². The van der Waals surface area contributed by atoms with Gasteiger partial charge in [-0.2, -0.15) is 5.11 Å². The number of halogens is 3. The number of benzene rings is 1. The van der Waals surface area contributed by atoms with Crippen molar-refractivity contribution in [3.8, 4) is 11.1 Å². The van der Waals surface area contributed by atoms with E-state index in [1.54, 1.807) is 29.0 Å². The van der Waals surface area contributed by atoms with Crippen LogP contribution in [0.15, 0.2) is 66.2 Å². The number of rotatable bonds is 8. The van der Waals surface area contributed by atoms with Gasteiger partial charge < -0.3 is 15.6 Å². The van der Waals surface area contributed by atoms with Crippen molar-refractivity contribution < 1.29 is 13.2 Å². The Kier molecular flexibility index (Phi) is 6.48. The summed E-state index contributed by atoms with van der Waals surface area (Å²) in [5.74, 6) is -0.845. The van der Waals surface area contributed by atoms with Crippen LogP contribution >= 0.6 is 0 Å². The van der Waals surface area contributed by atoms with Crippen LogP contribution in [-0.4, -0.2) is 24.5 Å². The second-order valence-electron chi connectivity index (χ2n) is 7.27. The second-order valence-corrected chi connectivity index (χ2v) is 7.27. The third kappa shape index (κ3) is 4.29. The van der Waals surface area contributed by atoms with Crippen molar-refractivity contribution in [2.75, 3.05) is 11.1 Å². The van der Waals surface area contributed by atoms with E-state index in [4.69, 9.17) is 11.3 Å². The molecule has 0 amide bonds. The number of fused-ring (bicyclic) bond motifs is 1. The third-order valence-corrected chi connectivity index (χ3v) is 5.26. The topological polar surface area (TPSA) is 131 Å². The van der Waals surface area contributed by atoms with Crippen LogP contribution < -0.4 is 11.1 Å². The van der Waals surface area contributed by atoms with E-state index in [1.165, 1.54) is 31.0 Å². The van der Waals surface area contributed by atoms with E-state index in [-0.39, 0.29) is 11.5 Å². The van der Waals surface area contributed by atoms with Crippen molar-refractivity contribution in [3.63, 3.8) is 0 Å². The van der Waals surface area contributed by atoms with Gasteiger partial charge in [0, 0.05) is 35.9 Å². The normalized spacial score (nSPS) is 12.8. The maximum atomic E-state index is 14.0. The molecule has 4 aromatic rings. The van der Waals surface area contributed by atoms with Crippen molar-refractivity contribution in [3.05, 3.63) is 72.7 Å². The molecule has 0 saturated heterocycles. The lowest BCUT2D eigenvalue weighted by Crippen LogP contribution is -2.11. The number of nitrogens with zero attached hydrogens (tertiary/aromatic N) is 6. The molecule has 9 nitrogen and oxygen atoms in total. The Bertz CT molecular complexity index is 1350. The summed E-state index contributed by atoms with van der Waals surface area (Å²) in [6, 6.07) is 5.65. The third-order valence-electron chi connectivity index (χ3n) is 5.26. The molecule has 0 aliphatic heterocycles. The lowest BCUT2D eigenvalue weighted by atomic mass is 10.1. The molecule has 174 valence electrons. The number of nitrogens with two attached hydrogens (primary N) is 1. The Balaban J connectivity index is 1.81. The minimum atomic E-state index is -2.79. The standard InChI is InChI=1S/C22H20F3N9/c1-2-17(16(33-27)9-28-15-6-4-3-5-14(15)23)34-10-13(18-20(26)31-11-32-22(18)34)12-7-29-21(19(24)25)30-8-12/h3-11,17,19,27-28H,2H2,1H3,(H2,26,31,32)/b16-9-,33-27?. The number of allylic oxidation sites excluding steroid dienone is 1. The number of anilines is 2. The van der Waals surface area contributed by atoms with Crippen LogP contribution in [0, 0.1) is 11.3 Å². The fourth-order valence-corrected chi connectivity index (χ4v) is 3.64. The summed E-state index contributed by atoms with van der Waals surface area (Å²) in [5, 5.41) is 6.98. The maximum absolute atomic E-state index is 14.0. The molecular formula is C22H20F3N9. The number of aromatic nitrogens is 5. The second kappa shape index (κ2) is 9.65. The first-order valence-corrected chi connectivity index (χ1v) is 10.2. The molecule has 34 heavy (non-hydrogen) atoms. The van der Waals surface area contributed by atoms with Gasteiger partial charge >= 0.3 is 0 Å². The molecule has 1 unspecified atom stereocenters. The van der Waals surface area contributed by atoms with Gasteiger partial charge in [-0.15, -0.1) is 0 Å². The van der Waals surface area contributed by atoms with E-state index in [9.17, 15) is 13.2 Å². The molecule has 0 aliphatic rings. The van der Waals surface area contributed by atoms with E-state index >= 15 is 0 Å². The minimum absolute atomic E-state index is 0.185. The molecule has 0 fully saturated rings. The highest BCUT2D eigenvalue weighted by Gasteiger charge is 2.23. The maximum Gasteiger partial charge on any atom is 0.297 e. The predicted molar refractivity (Wildman–Crippen MR) is 121 cm³/mol. The van der Waals surface area contributed by atoms with Gasteiger partial charge in [0.15, 0.2) is 5.82 Å². The molecule has 0 aliphatic carbocycles. The Morgan fingerprint density at radius 2 is 1.94 bits per heavy atom. The van der Waals surface area contributed by atoms with Crippen LogP contribution in [0.5, 0.6) is 0 Å². The Labute approximate surface area is 192 Å². The highest BCUT2D eigenvalue weighted by atomic mass is 19.3. The molecule has 3 heterocycles. The molecule has 0 spiro atoms. The van der Waals surface area contributed by atoms with Crippen LogP contribution in [-0.2, 0) is 0 Å². The zero-order valence-electron chi connectivity index (χ0n) is 18.0. The monoisotopic (exact) mass is 467 g/mol. The minimum Gasteiger partial charge on any atom is -0.383 e. The van der Waals surface area contributed by atoms with Crippen molar-refractivity contribution >= 4 is 22.5 Å². The van der Waals surface area contributed by atoms with Gasteiger partial charge in [-0.25, -0.2) is 38.6 Å². The van der Waals surface area contributed by atoms with Gasteiger partial charge in [-0.3, -0.25) is 0 Å². The molecule has 4 rings (SSSR count). The summed E-state index contributed by atoms with van der Waals surface area (Å²) in [7, 11) is 0. The summed E-state index contributed by atoms with van der Waals surface area (Å²) in [4.78, 5) is 15.9. The first-order valence-electron chi connectivity index (χ1n) is 10.2. The number of para-hydroxylation sites is 1. The quantitative estimate of drug-likeness (QED) is 0.294. The number of alkyl halides is 2. The molecule has 1 aromatic carbocycles. The average Bonchev–Trinajstić information content (AvgIpc) is 3.23. The van der Waals surface area contributed by atoms with Crippen LogP contribution in [0.1, 0.15) is 31.6 Å². The van der Waals surface area contributed by atoms with Gasteiger partial charge in [0.1, 0.15) is 29.3 Å². The van der Waals surface area contributed by atoms with E-state index in [2.05, 4.69) is 30.4 Å². The largest absolute Gasteiger partial charge is 0.383 e. The predicted octanol–water partition coefficient (Wildman–Crippen LogP) is 5.48. The molecule has 1 atom stereocenters. The van der Waals surface area contributed by atoms with E-state index in [1.807, 2.05) is 6.92 Å². The van der Waals surface area contributed by atoms with E-state index in [0.29, 0.717) is 34.3 Å². The average molecular weight is 467 g/mol. The first-order chi connectivity index (χ1) is 16.4. The summed E-state index contributed by atoms with van der Waals surface area (Å²) in [5.41, 5.74) is 15.8. The van der Waals surface area contributed by atoms with Crippen LogP contribution in [0.3, 0.4) is 0 Å². The highest BCUT2D eigenvalue weighted by molar-refractivity contribution is 6.00. The summed E-state index contributed by atoms with van der Waals surface area (Å²) >= 11 is 0. The molecule has 3 aromatic heterocycles. The summed E-state index contributed by atoms with van der Waals surface area (Å²) < 4.78 is 41.5. The zero-order chi connectivity index (χ0) is 24.2. The fourth-order valence-electron chi connectivity index (χ4n) is 3.64. The fraction of sp³-hybridized carbons (Fsp3) is 0.182. The van der Waals surface area contributed by atoms with Crippen LogP contribution in [0.2, 0.25) is 0 Å². The van der Waals surface area contributed by atoms with Gasteiger partial charge in [-0.05, 0) is 18.6 Å². The van der Waals surface area contributed by atoms with E-state index < -0.39 is 24.1 Å².